The normalized spacial score (nSPS) is 11.5. The molecule has 2 rings (SSSR count). The van der Waals surface area contributed by atoms with Gasteiger partial charge in [0.15, 0.2) is 11.5 Å². The Kier molecular flexibility index (Phi) is 6.69. The summed E-state index contributed by atoms with van der Waals surface area (Å²) >= 11 is 0. The van der Waals surface area contributed by atoms with Gasteiger partial charge in [-0.1, -0.05) is 13.0 Å². The minimum Gasteiger partial charge on any atom is -0.494 e. The second kappa shape index (κ2) is 8.97. The largest absolute Gasteiger partial charge is 0.494 e. The Morgan fingerprint density at radius 2 is 1.68 bits per heavy atom. The van der Waals surface area contributed by atoms with Crippen molar-refractivity contribution in [3.05, 3.63) is 53.6 Å². The Morgan fingerprint density at radius 3 is 2.24 bits per heavy atom. The van der Waals surface area contributed by atoms with E-state index in [1.165, 1.54) is 0 Å². The van der Waals surface area contributed by atoms with Gasteiger partial charge in [0.05, 0.1) is 26.9 Å². The first-order chi connectivity index (χ1) is 12.1. The molecular formula is C20H25NO4. The van der Waals surface area contributed by atoms with Gasteiger partial charge in [0, 0.05) is 5.56 Å². The number of carbonyl (C=O) groups excluding carboxylic acids is 1. The van der Waals surface area contributed by atoms with E-state index in [0.717, 1.165) is 17.7 Å². The van der Waals surface area contributed by atoms with Crippen LogP contribution in [0.15, 0.2) is 42.5 Å². The fraction of sp³-hybridized carbons (Fsp3) is 0.350. The zero-order chi connectivity index (χ0) is 18.2. The number of nitrogens with one attached hydrogen (secondary N) is 1. The summed E-state index contributed by atoms with van der Waals surface area (Å²) in [5, 5.41) is 3.06. The highest BCUT2D eigenvalue weighted by Crippen LogP contribution is 2.31. The lowest BCUT2D eigenvalue weighted by Gasteiger charge is -2.19. The molecule has 5 heteroatoms. The van der Waals surface area contributed by atoms with Crippen molar-refractivity contribution in [2.24, 2.45) is 0 Å². The molecular weight excluding hydrogens is 318 g/mol. The van der Waals surface area contributed by atoms with Crippen LogP contribution in [0.3, 0.4) is 0 Å². The smallest absolute Gasteiger partial charge is 0.251 e. The molecule has 0 aromatic heterocycles. The molecule has 0 heterocycles. The van der Waals surface area contributed by atoms with Gasteiger partial charge >= 0.3 is 0 Å². The summed E-state index contributed by atoms with van der Waals surface area (Å²) < 4.78 is 16.0. The molecule has 0 fully saturated rings. The van der Waals surface area contributed by atoms with Crippen LogP contribution in [-0.4, -0.2) is 26.7 Å². The molecule has 134 valence electrons. The van der Waals surface area contributed by atoms with Gasteiger partial charge in [-0.2, -0.15) is 0 Å². The van der Waals surface area contributed by atoms with Crippen molar-refractivity contribution in [1.29, 1.82) is 0 Å². The molecule has 0 spiro atoms. The summed E-state index contributed by atoms with van der Waals surface area (Å²) in [6, 6.07) is 12.7. The van der Waals surface area contributed by atoms with Gasteiger partial charge in [-0.25, -0.2) is 0 Å². The Bertz CT molecular complexity index is 697. The maximum atomic E-state index is 12.5. The van der Waals surface area contributed by atoms with E-state index in [4.69, 9.17) is 14.2 Å². The van der Waals surface area contributed by atoms with Crippen molar-refractivity contribution in [3.8, 4) is 17.2 Å². The third-order valence-electron chi connectivity index (χ3n) is 3.95. The summed E-state index contributed by atoms with van der Waals surface area (Å²) in [4.78, 5) is 12.5. The Labute approximate surface area is 148 Å². The molecule has 1 amide bonds. The Morgan fingerprint density at radius 1 is 1.00 bits per heavy atom. The molecule has 0 saturated heterocycles. The molecule has 0 aliphatic carbocycles. The zero-order valence-electron chi connectivity index (χ0n) is 15.2. The first-order valence-electron chi connectivity index (χ1n) is 8.38. The maximum Gasteiger partial charge on any atom is 0.251 e. The highest BCUT2D eigenvalue weighted by molar-refractivity contribution is 5.94. The van der Waals surface area contributed by atoms with Gasteiger partial charge in [-0.15, -0.1) is 0 Å². The van der Waals surface area contributed by atoms with Crippen LogP contribution >= 0.6 is 0 Å². The van der Waals surface area contributed by atoms with Crippen molar-refractivity contribution in [2.75, 3.05) is 20.8 Å². The number of benzene rings is 2. The number of hydrogen-bond donors (Lipinski definition) is 1. The average Bonchev–Trinajstić information content (AvgIpc) is 2.66. The second-order valence-electron chi connectivity index (χ2n) is 5.51. The second-order valence-corrected chi connectivity index (χ2v) is 5.51. The molecule has 1 unspecified atom stereocenters. The SMILES string of the molecule is CCOc1ccc(C(=O)NC(CC)c2ccc(OC)c(OC)c2)cc1. The summed E-state index contributed by atoms with van der Waals surface area (Å²) in [5.74, 6) is 1.95. The van der Waals surface area contributed by atoms with Crippen molar-refractivity contribution < 1.29 is 19.0 Å². The van der Waals surface area contributed by atoms with Gasteiger partial charge in [0.1, 0.15) is 5.75 Å². The van der Waals surface area contributed by atoms with E-state index >= 15 is 0 Å². The third kappa shape index (κ3) is 4.66. The van der Waals surface area contributed by atoms with Crippen molar-refractivity contribution in [1.82, 2.24) is 5.32 Å². The predicted molar refractivity (Wildman–Crippen MR) is 97.7 cm³/mol. The minimum atomic E-state index is -0.121. The number of ether oxygens (including phenoxy) is 3. The van der Waals surface area contributed by atoms with Gasteiger partial charge < -0.3 is 19.5 Å². The number of hydrogen-bond acceptors (Lipinski definition) is 4. The van der Waals surface area contributed by atoms with Crippen LogP contribution in [0.5, 0.6) is 17.2 Å². The van der Waals surface area contributed by atoms with Crippen LogP contribution in [0.1, 0.15) is 42.2 Å². The number of carbonyl (C=O) groups is 1. The van der Waals surface area contributed by atoms with Crippen molar-refractivity contribution >= 4 is 5.91 Å². The molecule has 1 N–H and O–H groups in total. The van der Waals surface area contributed by atoms with Gasteiger partial charge in [0.2, 0.25) is 0 Å². The van der Waals surface area contributed by atoms with E-state index in [1.54, 1.807) is 38.5 Å². The zero-order valence-corrected chi connectivity index (χ0v) is 15.2. The summed E-state index contributed by atoms with van der Waals surface area (Å²) in [7, 11) is 3.20. The molecule has 1 atom stereocenters. The quantitative estimate of drug-likeness (QED) is 0.787. The van der Waals surface area contributed by atoms with Crippen LogP contribution in [0.2, 0.25) is 0 Å². The number of methoxy groups -OCH3 is 2. The van der Waals surface area contributed by atoms with Crippen LogP contribution in [0.4, 0.5) is 0 Å². The van der Waals surface area contributed by atoms with E-state index < -0.39 is 0 Å². The van der Waals surface area contributed by atoms with Crippen LogP contribution in [-0.2, 0) is 0 Å². The monoisotopic (exact) mass is 343 g/mol. The summed E-state index contributed by atoms with van der Waals surface area (Å²) in [5.41, 5.74) is 1.57. The highest BCUT2D eigenvalue weighted by atomic mass is 16.5. The molecule has 25 heavy (non-hydrogen) atoms. The van der Waals surface area contributed by atoms with Crippen LogP contribution in [0, 0.1) is 0 Å². The van der Waals surface area contributed by atoms with Crippen molar-refractivity contribution in [2.45, 2.75) is 26.3 Å². The number of rotatable bonds is 8. The topological polar surface area (TPSA) is 56.8 Å². The minimum absolute atomic E-state index is 0.112. The molecule has 0 bridgehead atoms. The molecule has 0 aliphatic heterocycles. The van der Waals surface area contributed by atoms with E-state index in [-0.39, 0.29) is 11.9 Å². The molecule has 0 aliphatic rings. The number of amides is 1. The molecule has 2 aromatic carbocycles. The lowest BCUT2D eigenvalue weighted by molar-refractivity contribution is 0.0935. The molecule has 0 saturated carbocycles. The lowest BCUT2D eigenvalue weighted by Crippen LogP contribution is -2.28. The highest BCUT2D eigenvalue weighted by Gasteiger charge is 2.16. The van der Waals surface area contributed by atoms with E-state index in [0.29, 0.717) is 23.7 Å². The predicted octanol–water partition coefficient (Wildman–Crippen LogP) is 3.98. The summed E-state index contributed by atoms with van der Waals surface area (Å²) in [6.45, 7) is 4.55. The first-order valence-corrected chi connectivity index (χ1v) is 8.38. The molecule has 2 aromatic rings. The summed E-state index contributed by atoms with van der Waals surface area (Å²) in [6.07, 6.45) is 0.762. The first kappa shape index (κ1) is 18.6. The van der Waals surface area contributed by atoms with Crippen molar-refractivity contribution in [3.63, 3.8) is 0 Å². The average molecular weight is 343 g/mol. The lowest BCUT2D eigenvalue weighted by atomic mass is 10.0. The molecule has 0 radical (unpaired) electrons. The third-order valence-corrected chi connectivity index (χ3v) is 3.95. The van der Waals surface area contributed by atoms with Crippen LogP contribution in [0.25, 0.3) is 0 Å². The molecule has 5 nitrogen and oxygen atoms in total. The van der Waals surface area contributed by atoms with E-state index in [1.807, 2.05) is 32.0 Å². The van der Waals surface area contributed by atoms with Crippen LogP contribution < -0.4 is 19.5 Å². The fourth-order valence-electron chi connectivity index (χ4n) is 2.60. The van der Waals surface area contributed by atoms with E-state index in [2.05, 4.69) is 5.32 Å². The van der Waals surface area contributed by atoms with Gasteiger partial charge in [0.25, 0.3) is 5.91 Å². The van der Waals surface area contributed by atoms with Gasteiger partial charge in [-0.05, 0) is 55.3 Å². The maximum absolute atomic E-state index is 12.5. The Hall–Kier alpha value is -2.69. The fourth-order valence-corrected chi connectivity index (χ4v) is 2.60. The van der Waals surface area contributed by atoms with E-state index in [9.17, 15) is 4.79 Å². The standard InChI is InChI=1S/C20H25NO4/c1-5-17(15-9-12-18(23-3)19(13-15)24-4)21-20(22)14-7-10-16(11-8-14)25-6-2/h7-13,17H,5-6H2,1-4H3,(H,21,22). The van der Waals surface area contributed by atoms with Gasteiger partial charge in [-0.3, -0.25) is 4.79 Å². The Balaban J connectivity index is 2.14.